The molecule has 5 N–H and O–H groups in total. The summed E-state index contributed by atoms with van der Waals surface area (Å²) in [6.45, 7) is 7.55. The van der Waals surface area contributed by atoms with Crippen LogP contribution >= 0.6 is 11.3 Å². The van der Waals surface area contributed by atoms with E-state index < -0.39 is 5.91 Å². The highest BCUT2D eigenvalue weighted by Gasteiger charge is 2.17. The van der Waals surface area contributed by atoms with Gasteiger partial charge in [0, 0.05) is 12.1 Å². The zero-order valence-electron chi connectivity index (χ0n) is 12.1. The van der Waals surface area contributed by atoms with E-state index in [-0.39, 0.29) is 30.4 Å². The quantitative estimate of drug-likeness (QED) is 0.621. The molecule has 0 aliphatic heterocycles. The van der Waals surface area contributed by atoms with Crippen molar-refractivity contribution in [3.8, 4) is 0 Å². The van der Waals surface area contributed by atoms with Gasteiger partial charge in [0.05, 0.1) is 6.54 Å². The Kier molecular flexibility index (Phi) is 5.75. The molecule has 112 valence electrons. The third-order valence-electron chi connectivity index (χ3n) is 2.13. The normalized spacial score (nSPS) is 10.7. The molecule has 0 unspecified atom stereocenters. The first-order chi connectivity index (χ1) is 9.29. The van der Waals surface area contributed by atoms with Gasteiger partial charge in [-0.2, -0.15) is 0 Å². The van der Waals surface area contributed by atoms with Crippen LogP contribution in [0, 0.1) is 0 Å². The van der Waals surface area contributed by atoms with Crippen LogP contribution in [0.1, 0.15) is 37.4 Å². The zero-order valence-corrected chi connectivity index (χ0v) is 12.9. The van der Waals surface area contributed by atoms with E-state index in [4.69, 9.17) is 5.73 Å². The number of hydrogen-bond donors (Lipinski definition) is 4. The average molecular weight is 299 g/mol. The van der Waals surface area contributed by atoms with Crippen molar-refractivity contribution in [2.24, 2.45) is 0 Å². The van der Waals surface area contributed by atoms with Crippen molar-refractivity contribution in [2.75, 3.05) is 17.6 Å². The molecular weight excluding hydrogens is 278 g/mol. The van der Waals surface area contributed by atoms with E-state index in [1.165, 1.54) is 11.3 Å². The lowest BCUT2D eigenvalue weighted by molar-refractivity contribution is -0.120. The second kappa shape index (κ2) is 7.09. The van der Waals surface area contributed by atoms with Crippen LogP contribution in [0.2, 0.25) is 0 Å². The largest absolute Gasteiger partial charge is 0.382 e. The summed E-state index contributed by atoms with van der Waals surface area (Å²) in [5.74, 6) is -0.465. The number of aromatic nitrogens is 1. The summed E-state index contributed by atoms with van der Waals surface area (Å²) in [6, 6.07) is 0.239. The summed E-state index contributed by atoms with van der Waals surface area (Å²) in [5.41, 5.74) is 5.70. The van der Waals surface area contributed by atoms with Crippen LogP contribution in [0.3, 0.4) is 0 Å². The van der Waals surface area contributed by atoms with Gasteiger partial charge in [-0.15, -0.1) is 0 Å². The molecule has 8 heteroatoms. The Bertz CT molecular complexity index is 484. The smallest absolute Gasteiger partial charge is 0.265 e. The Morgan fingerprint density at radius 1 is 1.25 bits per heavy atom. The summed E-state index contributed by atoms with van der Waals surface area (Å²) < 4.78 is 0. The van der Waals surface area contributed by atoms with E-state index in [1.807, 2.05) is 27.7 Å². The zero-order chi connectivity index (χ0) is 15.3. The third kappa shape index (κ3) is 5.04. The molecule has 0 spiro atoms. The lowest BCUT2D eigenvalue weighted by Gasteiger charge is -2.08. The summed E-state index contributed by atoms with van der Waals surface area (Å²) in [5, 5.41) is 8.88. The maximum atomic E-state index is 11.9. The Morgan fingerprint density at radius 2 is 1.90 bits per heavy atom. The number of amides is 2. The van der Waals surface area contributed by atoms with E-state index in [2.05, 4.69) is 20.9 Å². The molecule has 0 fully saturated rings. The molecule has 0 saturated heterocycles. The fourth-order valence-electron chi connectivity index (χ4n) is 1.42. The highest BCUT2D eigenvalue weighted by molar-refractivity contribution is 7.18. The fourth-order valence-corrected chi connectivity index (χ4v) is 2.36. The number of carbonyl (C=O) groups is 2. The highest BCUT2D eigenvalue weighted by atomic mass is 32.1. The van der Waals surface area contributed by atoms with Crippen molar-refractivity contribution < 1.29 is 9.59 Å². The van der Waals surface area contributed by atoms with E-state index in [0.717, 1.165) is 0 Å². The van der Waals surface area contributed by atoms with Crippen LogP contribution in [0.25, 0.3) is 0 Å². The minimum Gasteiger partial charge on any atom is -0.382 e. The second-order valence-corrected chi connectivity index (χ2v) is 5.94. The van der Waals surface area contributed by atoms with Gasteiger partial charge in [0.25, 0.3) is 5.91 Å². The summed E-state index contributed by atoms with van der Waals surface area (Å²) in [4.78, 5) is 27.8. The predicted molar refractivity (Wildman–Crippen MR) is 80.9 cm³/mol. The number of nitrogen functional groups attached to an aromatic ring is 1. The molecule has 1 aromatic rings. The van der Waals surface area contributed by atoms with Gasteiger partial charge < -0.3 is 21.7 Å². The summed E-state index contributed by atoms with van der Waals surface area (Å²) in [6.07, 6.45) is 0. The van der Waals surface area contributed by atoms with Gasteiger partial charge in [0.15, 0.2) is 5.13 Å². The van der Waals surface area contributed by atoms with Gasteiger partial charge in [-0.1, -0.05) is 11.3 Å². The van der Waals surface area contributed by atoms with Crippen molar-refractivity contribution >= 4 is 34.1 Å². The molecule has 0 radical (unpaired) electrons. The number of carbonyl (C=O) groups excluding carboxylic acids is 2. The molecule has 0 bridgehead atoms. The molecule has 0 aliphatic carbocycles. The minimum absolute atomic E-state index is 0.0368. The Morgan fingerprint density at radius 3 is 2.45 bits per heavy atom. The van der Waals surface area contributed by atoms with Crippen molar-refractivity contribution in [3.05, 3.63) is 4.88 Å². The molecule has 0 aromatic carbocycles. The van der Waals surface area contributed by atoms with Crippen molar-refractivity contribution in [2.45, 2.75) is 39.8 Å². The predicted octanol–water partition coefficient (Wildman–Crippen LogP) is 0.800. The molecule has 1 aromatic heterocycles. The standard InChI is InChI=1S/C12H21N5O2S/c1-6(2)15-8(18)5-14-11(19)9-10(13)17-12(20-9)16-7(3)4/h6-7H,5,13H2,1-4H3,(H,14,19)(H,15,18)(H,16,17). The Hall–Kier alpha value is -1.83. The number of hydrogen-bond acceptors (Lipinski definition) is 6. The van der Waals surface area contributed by atoms with Gasteiger partial charge in [-0.25, -0.2) is 4.98 Å². The molecule has 0 aliphatic rings. The van der Waals surface area contributed by atoms with Crippen LogP contribution in [0.4, 0.5) is 10.9 Å². The van der Waals surface area contributed by atoms with Crippen LogP contribution in [0.5, 0.6) is 0 Å². The maximum Gasteiger partial charge on any atom is 0.265 e. The number of nitrogens with zero attached hydrogens (tertiary/aromatic N) is 1. The van der Waals surface area contributed by atoms with Gasteiger partial charge in [0.2, 0.25) is 5.91 Å². The maximum absolute atomic E-state index is 11.9. The van der Waals surface area contributed by atoms with Gasteiger partial charge >= 0.3 is 0 Å². The van der Waals surface area contributed by atoms with Gasteiger partial charge in [-0.05, 0) is 27.7 Å². The molecule has 1 rings (SSSR count). The van der Waals surface area contributed by atoms with Crippen LogP contribution in [-0.2, 0) is 4.79 Å². The number of anilines is 2. The first-order valence-electron chi connectivity index (χ1n) is 6.40. The van der Waals surface area contributed by atoms with Crippen LogP contribution in [-0.4, -0.2) is 35.4 Å². The monoisotopic (exact) mass is 299 g/mol. The third-order valence-corrected chi connectivity index (χ3v) is 3.13. The lowest BCUT2D eigenvalue weighted by Crippen LogP contribution is -2.39. The average Bonchev–Trinajstić information content (AvgIpc) is 2.65. The van der Waals surface area contributed by atoms with E-state index in [9.17, 15) is 9.59 Å². The molecule has 2 amide bonds. The topological polar surface area (TPSA) is 109 Å². The first kappa shape index (κ1) is 16.2. The fraction of sp³-hybridized carbons (Fsp3) is 0.583. The SMILES string of the molecule is CC(C)NC(=O)CNC(=O)c1sc(NC(C)C)nc1N. The van der Waals surface area contributed by atoms with Crippen molar-refractivity contribution in [1.29, 1.82) is 0 Å². The molecule has 0 saturated carbocycles. The van der Waals surface area contributed by atoms with Gasteiger partial charge in [0.1, 0.15) is 10.7 Å². The van der Waals surface area contributed by atoms with E-state index in [0.29, 0.717) is 10.0 Å². The minimum atomic E-state index is -0.393. The number of thiazole rings is 1. The van der Waals surface area contributed by atoms with E-state index in [1.54, 1.807) is 0 Å². The molecule has 7 nitrogen and oxygen atoms in total. The summed E-state index contributed by atoms with van der Waals surface area (Å²) in [7, 11) is 0. The van der Waals surface area contributed by atoms with E-state index >= 15 is 0 Å². The van der Waals surface area contributed by atoms with Crippen LogP contribution in [0.15, 0.2) is 0 Å². The van der Waals surface area contributed by atoms with Crippen LogP contribution < -0.4 is 21.7 Å². The summed E-state index contributed by atoms with van der Waals surface area (Å²) >= 11 is 1.17. The second-order valence-electron chi connectivity index (χ2n) is 4.94. The van der Waals surface area contributed by atoms with Crippen molar-refractivity contribution in [1.82, 2.24) is 15.6 Å². The number of nitrogens with two attached hydrogens (primary N) is 1. The van der Waals surface area contributed by atoms with Gasteiger partial charge in [-0.3, -0.25) is 9.59 Å². The molecular formula is C12H21N5O2S. The molecule has 0 atom stereocenters. The lowest BCUT2D eigenvalue weighted by atomic mass is 10.4. The number of nitrogens with one attached hydrogen (secondary N) is 3. The Balaban J connectivity index is 2.59. The highest BCUT2D eigenvalue weighted by Crippen LogP contribution is 2.25. The Labute approximate surface area is 122 Å². The molecule has 1 heterocycles. The molecule has 20 heavy (non-hydrogen) atoms. The van der Waals surface area contributed by atoms with Crippen molar-refractivity contribution in [3.63, 3.8) is 0 Å². The number of rotatable bonds is 6. The first-order valence-corrected chi connectivity index (χ1v) is 7.21.